The zero-order valence-corrected chi connectivity index (χ0v) is 19.8. The summed E-state index contributed by atoms with van der Waals surface area (Å²) in [6.07, 6.45) is 0.895. The van der Waals surface area contributed by atoms with Crippen molar-refractivity contribution in [1.82, 2.24) is 0 Å². The third-order valence-electron chi connectivity index (χ3n) is 6.22. The van der Waals surface area contributed by atoms with Crippen molar-refractivity contribution in [3.63, 3.8) is 0 Å². The number of hydrogen-bond donors (Lipinski definition) is 0. The number of halogens is 1. The molecule has 5 aromatic carbocycles. The van der Waals surface area contributed by atoms with E-state index in [0.717, 1.165) is 11.9 Å². The maximum atomic E-state index is 13.3. The molecule has 0 amide bonds. The van der Waals surface area contributed by atoms with E-state index in [4.69, 9.17) is 4.74 Å². The van der Waals surface area contributed by atoms with Crippen molar-refractivity contribution in [2.24, 2.45) is 0 Å². The first kappa shape index (κ1) is 22.1. The van der Waals surface area contributed by atoms with Crippen LogP contribution in [0.3, 0.4) is 0 Å². The molecule has 5 aromatic rings. The molecular formula is C31H26FOP. The molecular weight excluding hydrogens is 438 g/mol. The van der Waals surface area contributed by atoms with Gasteiger partial charge in [-0.1, -0.05) is 0 Å². The molecule has 0 aliphatic carbocycles. The van der Waals surface area contributed by atoms with E-state index < -0.39 is 7.26 Å². The van der Waals surface area contributed by atoms with Crippen LogP contribution < -0.4 is 20.7 Å². The van der Waals surface area contributed by atoms with Crippen LogP contribution in [0.5, 0.6) is 11.5 Å². The summed E-state index contributed by atoms with van der Waals surface area (Å²) < 4.78 is 19.4. The van der Waals surface area contributed by atoms with Gasteiger partial charge in [-0.3, -0.25) is 0 Å². The summed E-state index contributed by atoms with van der Waals surface area (Å²) in [6, 6.07) is 47.1. The normalized spacial score (nSPS) is 11.7. The molecule has 0 saturated heterocycles. The van der Waals surface area contributed by atoms with Crippen molar-refractivity contribution < 1.29 is 9.13 Å². The van der Waals surface area contributed by atoms with Crippen molar-refractivity contribution >= 4 is 23.2 Å². The first-order valence-corrected chi connectivity index (χ1v) is 13.6. The Bertz CT molecular complexity index is 1240. The van der Waals surface area contributed by atoms with Crippen molar-refractivity contribution in [2.75, 3.05) is 0 Å². The fourth-order valence-electron chi connectivity index (χ4n) is 4.64. The predicted molar refractivity (Wildman–Crippen MR) is 143 cm³/mol. The third-order valence-corrected chi connectivity index (χ3v) is 11.1. The van der Waals surface area contributed by atoms with Crippen molar-refractivity contribution in [2.45, 2.75) is 6.16 Å². The van der Waals surface area contributed by atoms with Crippen LogP contribution >= 0.6 is 7.26 Å². The van der Waals surface area contributed by atoms with Crippen LogP contribution in [0, 0.1) is 5.82 Å². The standard InChI is InChI=1S/C31H26FOP/c32-26-19-21-27(22-20-26)33-28-12-10-11-25(23-28)24-34(29-13-4-1-5-14-29,30-15-6-2-7-16-30)31-17-8-3-9-18-31/h1-23,34H,24H2. The second-order valence-corrected chi connectivity index (χ2v) is 12.3. The molecule has 0 unspecified atom stereocenters. The van der Waals surface area contributed by atoms with E-state index in [2.05, 4.69) is 103 Å². The van der Waals surface area contributed by atoms with Gasteiger partial charge in [0.1, 0.15) is 0 Å². The van der Waals surface area contributed by atoms with Gasteiger partial charge < -0.3 is 0 Å². The first-order chi connectivity index (χ1) is 16.7. The average Bonchev–Trinajstić information content (AvgIpc) is 2.90. The van der Waals surface area contributed by atoms with Crippen molar-refractivity contribution in [1.29, 1.82) is 0 Å². The monoisotopic (exact) mass is 464 g/mol. The van der Waals surface area contributed by atoms with E-state index in [1.54, 1.807) is 12.1 Å². The summed E-state index contributed by atoms with van der Waals surface area (Å²) in [4.78, 5) is 0. The summed E-state index contributed by atoms with van der Waals surface area (Å²) in [6.45, 7) is 0. The average molecular weight is 465 g/mol. The summed E-state index contributed by atoms with van der Waals surface area (Å²) in [5.41, 5.74) is 1.21. The minimum absolute atomic E-state index is 0.273. The Morgan fingerprint density at radius 1 is 0.500 bits per heavy atom. The van der Waals surface area contributed by atoms with Gasteiger partial charge in [-0.25, -0.2) is 0 Å². The van der Waals surface area contributed by atoms with Gasteiger partial charge in [0.05, 0.1) is 0 Å². The molecule has 0 bridgehead atoms. The molecule has 0 heterocycles. The van der Waals surface area contributed by atoms with Crippen LogP contribution in [0.15, 0.2) is 140 Å². The summed E-state index contributed by atoms with van der Waals surface area (Å²) >= 11 is 0. The third kappa shape index (κ3) is 4.64. The predicted octanol–water partition coefficient (Wildman–Crippen LogP) is 6.84. The Hall–Kier alpha value is -3.74. The molecule has 0 aromatic heterocycles. The number of ether oxygens (including phenoxy) is 1. The molecule has 0 aliphatic rings. The molecule has 3 heteroatoms. The summed E-state index contributed by atoms with van der Waals surface area (Å²) in [7, 11) is -2.39. The second-order valence-electron chi connectivity index (χ2n) is 8.38. The zero-order valence-electron chi connectivity index (χ0n) is 18.8. The van der Waals surface area contributed by atoms with Gasteiger partial charge in [0.2, 0.25) is 0 Å². The quantitative estimate of drug-likeness (QED) is 0.240. The van der Waals surface area contributed by atoms with Crippen LogP contribution in [0.1, 0.15) is 5.56 Å². The topological polar surface area (TPSA) is 9.23 Å². The molecule has 0 fully saturated rings. The van der Waals surface area contributed by atoms with Gasteiger partial charge >= 0.3 is 201 Å². The second kappa shape index (κ2) is 10.0. The SMILES string of the molecule is Fc1ccc(Oc2cccc(C[PH](c3ccccc3)(c3ccccc3)c3ccccc3)c2)cc1. The molecule has 5 rings (SSSR count). The molecule has 0 saturated carbocycles. The van der Waals surface area contributed by atoms with E-state index in [-0.39, 0.29) is 5.82 Å². The molecule has 0 radical (unpaired) electrons. The summed E-state index contributed by atoms with van der Waals surface area (Å²) in [5.74, 6) is 1.10. The fourth-order valence-corrected chi connectivity index (χ4v) is 9.37. The van der Waals surface area contributed by atoms with E-state index in [0.29, 0.717) is 5.75 Å². The number of hydrogen-bond acceptors (Lipinski definition) is 1. The van der Waals surface area contributed by atoms with Gasteiger partial charge in [-0.15, -0.1) is 0 Å². The van der Waals surface area contributed by atoms with E-state index in [1.807, 2.05) is 12.1 Å². The molecule has 0 spiro atoms. The molecule has 168 valence electrons. The molecule has 34 heavy (non-hydrogen) atoms. The van der Waals surface area contributed by atoms with E-state index in [9.17, 15) is 4.39 Å². The molecule has 0 N–H and O–H groups in total. The van der Waals surface area contributed by atoms with Crippen LogP contribution in [-0.4, -0.2) is 0 Å². The Balaban J connectivity index is 1.61. The van der Waals surface area contributed by atoms with Crippen LogP contribution in [0.4, 0.5) is 4.39 Å². The van der Waals surface area contributed by atoms with Gasteiger partial charge in [-0.2, -0.15) is 0 Å². The Kier molecular flexibility index (Phi) is 6.51. The van der Waals surface area contributed by atoms with Crippen LogP contribution in [0.25, 0.3) is 0 Å². The molecule has 0 atom stereocenters. The van der Waals surface area contributed by atoms with Crippen LogP contribution in [-0.2, 0) is 6.16 Å². The number of rotatable bonds is 7. The summed E-state index contributed by atoms with van der Waals surface area (Å²) in [5, 5.41) is 4.12. The van der Waals surface area contributed by atoms with E-state index in [1.165, 1.54) is 33.6 Å². The van der Waals surface area contributed by atoms with Gasteiger partial charge in [0.25, 0.3) is 0 Å². The van der Waals surface area contributed by atoms with Gasteiger partial charge in [-0.05, 0) is 0 Å². The Morgan fingerprint density at radius 2 is 1.00 bits per heavy atom. The van der Waals surface area contributed by atoms with Gasteiger partial charge in [0.15, 0.2) is 0 Å². The maximum absolute atomic E-state index is 13.3. The minimum atomic E-state index is -2.39. The van der Waals surface area contributed by atoms with Crippen LogP contribution in [0.2, 0.25) is 0 Å². The Morgan fingerprint density at radius 3 is 1.50 bits per heavy atom. The molecule has 0 aliphatic heterocycles. The first-order valence-electron chi connectivity index (χ1n) is 11.4. The van der Waals surface area contributed by atoms with Gasteiger partial charge in [0, 0.05) is 0 Å². The zero-order chi connectivity index (χ0) is 23.2. The van der Waals surface area contributed by atoms with Crippen molar-refractivity contribution in [3.05, 3.63) is 151 Å². The Labute approximate surface area is 200 Å². The number of benzene rings is 5. The molecule has 1 nitrogen and oxygen atoms in total. The fraction of sp³-hybridized carbons (Fsp3) is 0.0323. The van der Waals surface area contributed by atoms with Crippen molar-refractivity contribution in [3.8, 4) is 11.5 Å². The van der Waals surface area contributed by atoms with E-state index >= 15 is 0 Å².